The van der Waals surface area contributed by atoms with Crippen molar-refractivity contribution in [1.82, 2.24) is 4.90 Å². The van der Waals surface area contributed by atoms with Gasteiger partial charge in [-0.15, -0.1) is 0 Å². The van der Waals surface area contributed by atoms with E-state index in [-0.39, 0.29) is 11.3 Å². The van der Waals surface area contributed by atoms with Gasteiger partial charge in [0, 0.05) is 18.5 Å². The number of morpholine rings is 1. The molecule has 1 unspecified atom stereocenters. The van der Waals surface area contributed by atoms with E-state index < -0.39 is 17.7 Å². The lowest BCUT2D eigenvalue weighted by Gasteiger charge is -2.29. The molecule has 1 atom stereocenters. The number of ketones is 1. The second-order valence-corrected chi connectivity index (χ2v) is 8.22. The molecule has 6 heteroatoms. The predicted octanol–water partition coefficient (Wildman–Crippen LogP) is 0.524. The lowest BCUT2D eigenvalue weighted by Crippen LogP contribution is -3.14. The molecule has 2 aromatic rings. The van der Waals surface area contributed by atoms with Gasteiger partial charge in [-0.05, 0) is 18.1 Å². The number of nitrogens with zero attached hydrogens (tertiary/aromatic N) is 1. The van der Waals surface area contributed by atoms with Crippen molar-refractivity contribution in [3.05, 3.63) is 76.9 Å². The number of rotatable bonds is 6. The molecular weight excluding hydrogens is 392 g/mol. The van der Waals surface area contributed by atoms with E-state index in [9.17, 15) is 14.7 Å². The van der Waals surface area contributed by atoms with Crippen LogP contribution in [0.1, 0.15) is 29.2 Å². The van der Waals surface area contributed by atoms with Crippen LogP contribution in [0.15, 0.2) is 60.2 Å². The van der Waals surface area contributed by atoms with E-state index in [4.69, 9.17) is 4.74 Å². The highest BCUT2D eigenvalue weighted by Crippen LogP contribution is 2.38. The van der Waals surface area contributed by atoms with Crippen LogP contribution in [0.5, 0.6) is 0 Å². The molecule has 0 aromatic heterocycles. The third-order valence-electron chi connectivity index (χ3n) is 6.09. The van der Waals surface area contributed by atoms with Gasteiger partial charge in [0.05, 0.1) is 25.8 Å². The average molecular weight is 421 g/mol. The first-order chi connectivity index (χ1) is 15.1. The molecule has 0 aliphatic carbocycles. The molecule has 31 heavy (non-hydrogen) atoms. The highest BCUT2D eigenvalue weighted by molar-refractivity contribution is 6.46. The van der Waals surface area contributed by atoms with Crippen LogP contribution in [0, 0.1) is 6.92 Å². The molecule has 4 rings (SSSR count). The smallest absolute Gasteiger partial charge is 0.295 e. The fourth-order valence-electron chi connectivity index (χ4n) is 4.35. The van der Waals surface area contributed by atoms with E-state index in [1.807, 2.05) is 49.4 Å². The van der Waals surface area contributed by atoms with Gasteiger partial charge in [-0.1, -0.05) is 65.9 Å². The zero-order chi connectivity index (χ0) is 21.8. The number of nitrogens with one attached hydrogen (secondary N) is 1. The van der Waals surface area contributed by atoms with Gasteiger partial charge in [0.25, 0.3) is 5.91 Å². The standard InChI is InChI=1S/C25H28N2O4/c1-18-8-10-20(11-9-18)23(28)21-22(19-6-3-2-4-7-19)27(25(30)24(21)29)13-5-12-26-14-16-31-17-15-26/h2-4,6-11,22,28H,5,12-17H2,1H3/b23-21+. The number of amides is 1. The summed E-state index contributed by atoms with van der Waals surface area (Å²) in [4.78, 5) is 29.0. The molecule has 0 saturated carbocycles. The maximum atomic E-state index is 13.3. The molecule has 0 radical (unpaired) electrons. The number of hydrogen-bond donors (Lipinski definition) is 1. The lowest BCUT2D eigenvalue weighted by atomic mass is 9.95. The monoisotopic (exact) mass is 420 g/mol. The predicted molar refractivity (Wildman–Crippen MR) is 115 cm³/mol. The Morgan fingerprint density at radius 3 is 2.42 bits per heavy atom. The van der Waals surface area contributed by atoms with Gasteiger partial charge >= 0.3 is 0 Å². The number of ether oxygens (including phenoxy) is 1. The SMILES string of the molecule is Cc1ccc(/C([O-])=C2\C(=O)C(=O)N(CCC[NH+]3CCOCC3)C2c2ccccc2)cc1. The molecule has 2 aliphatic rings. The molecule has 6 nitrogen and oxygen atoms in total. The minimum Gasteiger partial charge on any atom is -0.872 e. The fraction of sp³-hybridized carbons (Fsp3) is 0.360. The van der Waals surface area contributed by atoms with E-state index in [2.05, 4.69) is 0 Å². The molecule has 2 heterocycles. The number of benzene rings is 2. The number of aryl methyl sites for hydroxylation is 1. The molecule has 2 aliphatic heterocycles. The van der Waals surface area contributed by atoms with Crippen LogP contribution in [0.3, 0.4) is 0 Å². The van der Waals surface area contributed by atoms with Crippen LogP contribution in [0.2, 0.25) is 0 Å². The van der Waals surface area contributed by atoms with E-state index >= 15 is 0 Å². The van der Waals surface area contributed by atoms with E-state index in [1.54, 1.807) is 17.0 Å². The summed E-state index contributed by atoms with van der Waals surface area (Å²) in [7, 11) is 0. The zero-order valence-electron chi connectivity index (χ0n) is 17.8. The summed E-state index contributed by atoms with van der Waals surface area (Å²) in [5, 5.41) is 13.3. The van der Waals surface area contributed by atoms with Crippen molar-refractivity contribution in [2.24, 2.45) is 0 Å². The van der Waals surface area contributed by atoms with Crippen LogP contribution in [-0.4, -0.2) is 56.0 Å². The number of quaternary nitrogens is 1. The fourth-order valence-corrected chi connectivity index (χ4v) is 4.35. The van der Waals surface area contributed by atoms with Crippen LogP contribution in [0.25, 0.3) is 5.76 Å². The molecule has 2 fully saturated rings. The minimum absolute atomic E-state index is 0.0544. The van der Waals surface area contributed by atoms with Crippen molar-refractivity contribution < 1.29 is 24.3 Å². The normalized spacial score (nSPS) is 21.6. The van der Waals surface area contributed by atoms with Crippen molar-refractivity contribution in [2.45, 2.75) is 19.4 Å². The van der Waals surface area contributed by atoms with Crippen LogP contribution in [0.4, 0.5) is 0 Å². The first kappa shape index (κ1) is 21.3. The molecule has 2 aromatic carbocycles. The minimum atomic E-state index is -0.682. The van der Waals surface area contributed by atoms with Crippen molar-refractivity contribution in [1.29, 1.82) is 0 Å². The zero-order valence-corrected chi connectivity index (χ0v) is 17.8. The number of hydrogen-bond acceptors (Lipinski definition) is 4. The van der Waals surface area contributed by atoms with Gasteiger partial charge in [0.15, 0.2) is 0 Å². The third-order valence-corrected chi connectivity index (χ3v) is 6.09. The van der Waals surface area contributed by atoms with Crippen LogP contribution in [-0.2, 0) is 14.3 Å². The maximum absolute atomic E-state index is 13.3. The summed E-state index contributed by atoms with van der Waals surface area (Å²) in [5.74, 6) is -1.63. The van der Waals surface area contributed by atoms with Gasteiger partial charge in [-0.25, -0.2) is 0 Å². The third kappa shape index (κ3) is 4.55. The highest BCUT2D eigenvalue weighted by atomic mass is 16.5. The summed E-state index contributed by atoms with van der Waals surface area (Å²) in [6.07, 6.45) is 0.768. The first-order valence-corrected chi connectivity index (χ1v) is 10.9. The topological polar surface area (TPSA) is 74.1 Å². The van der Waals surface area contributed by atoms with Crippen molar-refractivity contribution >= 4 is 17.4 Å². The molecule has 0 spiro atoms. The summed E-state index contributed by atoms with van der Waals surface area (Å²) < 4.78 is 5.40. The van der Waals surface area contributed by atoms with Gasteiger partial charge < -0.3 is 19.6 Å². The van der Waals surface area contributed by atoms with E-state index in [0.29, 0.717) is 12.1 Å². The number of Topliss-reactive ketones (excluding diaryl/α,β-unsaturated/α-hetero) is 1. The molecule has 1 amide bonds. The highest BCUT2D eigenvalue weighted by Gasteiger charge is 2.43. The summed E-state index contributed by atoms with van der Waals surface area (Å²) in [6.45, 7) is 6.72. The molecular formula is C25H28N2O4. The van der Waals surface area contributed by atoms with Crippen molar-refractivity contribution in [2.75, 3.05) is 39.4 Å². The number of likely N-dealkylation sites (tertiary alicyclic amines) is 1. The average Bonchev–Trinajstić information content (AvgIpc) is 3.05. The second kappa shape index (κ2) is 9.45. The van der Waals surface area contributed by atoms with Crippen LogP contribution < -0.4 is 10.0 Å². The Labute approximate surface area is 182 Å². The summed E-state index contributed by atoms with van der Waals surface area (Å²) >= 11 is 0. The largest absolute Gasteiger partial charge is 0.872 e. The Morgan fingerprint density at radius 2 is 1.74 bits per heavy atom. The van der Waals surface area contributed by atoms with Gasteiger partial charge in [0.1, 0.15) is 13.1 Å². The lowest BCUT2D eigenvalue weighted by molar-refractivity contribution is -0.908. The van der Waals surface area contributed by atoms with Gasteiger partial charge in [-0.3, -0.25) is 9.59 Å². The molecule has 1 N–H and O–H groups in total. The Kier molecular flexibility index (Phi) is 6.49. The van der Waals surface area contributed by atoms with Crippen molar-refractivity contribution in [3.8, 4) is 0 Å². The van der Waals surface area contributed by atoms with Crippen molar-refractivity contribution in [3.63, 3.8) is 0 Å². The molecule has 0 bridgehead atoms. The number of carbonyl (C=O) groups excluding carboxylic acids is 2. The van der Waals surface area contributed by atoms with E-state index in [0.717, 1.165) is 50.4 Å². The number of carbonyl (C=O) groups is 2. The molecule has 162 valence electrons. The Bertz CT molecular complexity index is 963. The maximum Gasteiger partial charge on any atom is 0.295 e. The van der Waals surface area contributed by atoms with Crippen LogP contribution >= 0.6 is 0 Å². The Hall–Kier alpha value is -2.96. The molecule has 2 saturated heterocycles. The second-order valence-electron chi connectivity index (χ2n) is 8.22. The van der Waals surface area contributed by atoms with Gasteiger partial charge in [-0.2, -0.15) is 0 Å². The van der Waals surface area contributed by atoms with E-state index in [1.165, 1.54) is 4.90 Å². The summed E-state index contributed by atoms with van der Waals surface area (Å²) in [6, 6.07) is 15.8. The quantitative estimate of drug-likeness (QED) is 0.420. The Balaban J connectivity index is 1.64. The first-order valence-electron chi connectivity index (χ1n) is 10.9. The Morgan fingerprint density at radius 1 is 1.06 bits per heavy atom. The summed E-state index contributed by atoms with van der Waals surface area (Å²) in [5.41, 5.74) is 2.30. The van der Waals surface area contributed by atoms with Gasteiger partial charge in [0.2, 0.25) is 5.78 Å².